The third-order valence-electron chi connectivity index (χ3n) is 6.62. The van der Waals surface area contributed by atoms with Crippen LogP contribution in [0, 0.1) is 5.41 Å². The zero-order chi connectivity index (χ0) is 23.8. The van der Waals surface area contributed by atoms with Gasteiger partial charge in [-0.05, 0) is 50.8 Å². The molecule has 0 bridgehead atoms. The number of carboxylic acid groups (broad SMARTS) is 1. The van der Waals surface area contributed by atoms with Crippen LogP contribution in [0.3, 0.4) is 0 Å². The third kappa shape index (κ3) is 4.44. The number of amides is 2. The second-order valence-corrected chi connectivity index (χ2v) is 9.46. The van der Waals surface area contributed by atoms with Crippen molar-refractivity contribution in [2.45, 2.75) is 58.9 Å². The highest BCUT2D eigenvalue weighted by molar-refractivity contribution is 6.00. The SMILES string of the molecule is CCc1c(NC(=O)O)cccc1Nc1ncc2c(n1)N(C1CCCC1)CC(C)(C)C(=O)N2C. The summed E-state index contributed by atoms with van der Waals surface area (Å²) in [5, 5.41) is 14.9. The topological polar surface area (TPSA) is 111 Å². The molecule has 0 unspecified atom stereocenters. The van der Waals surface area contributed by atoms with E-state index in [1.54, 1.807) is 30.3 Å². The number of rotatable bonds is 5. The average Bonchev–Trinajstić information content (AvgIpc) is 3.29. The van der Waals surface area contributed by atoms with Gasteiger partial charge in [0.25, 0.3) is 0 Å². The molecule has 33 heavy (non-hydrogen) atoms. The van der Waals surface area contributed by atoms with Crippen LogP contribution < -0.4 is 20.4 Å². The molecule has 176 valence electrons. The maximum atomic E-state index is 13.1. The van der Waals surface area contributed by atoms with E-state index in [-0.39, 0.29) is 5.91 Å². The van der Waals surface area contributed by atoms with E-state index >= 15 is 0 Å². The summed E-state index contributed by atoms with van der Waals surface area (Å²) in [4.78, 5) is 37.7. The summed E-state index contributed by atoms with van der Waals surface area (Å²) in [6.45, 7) is 6.54. The van der Waals surface area contributed by atoms with Gasteiger partial charge in [-0.2, -0.15) is 4.98 Å². The van der Waals surface area contributed by atoms with Crippen LogP contribution in [-0.4, -0.2) is 46.7 Å². The maximum absolute atomic E-state index is 13.1. The summed E-state index contributed by atoms with van der Waals surface area (Å²) < 4.78 is 0. The van der Waals surface area contributed by atoms with Crippen molar-refractivity contribution in [3.05, 3.63) is 30.0 Å². The number of hydrogen-bond acceptors (Lipinski definition) is 6. The minimum atomic E-state index is -1.11. The number of nitrogens with one attached hydrogen (secondary N) is 2. The molecule has 3 N–H and O–H groups in total. The Morgan fingerprint density at radius 1 is 1.24 bits per heavy atom. The van der Waals surface area contributed by atoms with Crippen LogP contribution in [0.5, 0.6) is 0 Å². The third-order valence-corrected chi connectivity index (χ3v) is 6.62. The molecule has 2 heterocycles. The number of nitrogens with zero attached hydrogens (tertiary/aromatic N) is 4. The van der Waals surface area contributed by atoms with Crippen LogP contribution >= 0.6 is 0 Å². The van der Waals surface area contributed by atoms with Crippen LogP contribution in [0.15, 0.2) is 24.4 Å². The fraction of sp³-hybridized carbons (Fsp3) is 0.500. The summed E-state index contributed by atoms with van der Waals surface area (Å²) in [7, 11) is 1.79. The lowest BCUT2D eigenvalue weighted by molar-refractivity contribution is -0.125. The van der Waals surface area contributed by atoms with E-state index in [1.807, 2.05) is 26.8 Å². The normalized spacial score (nSPS) is 18.1. The Balaban J connectivity index is 1.74. The number of hydrogen-bond donors (Lipinski definition) is 3. The molecule has 9 nitrogen and oxygen atoms in total. The predicted molar refractivity (Wildman–Crippen MR) is 130 cm³/mol. The van der Waals surface area contributed by atoms with Crippen molar-refractivity contribution >= 4 is 40.8 Å². The minimum Gasteiger partial charge on any atom is -0.465 e. The predicted octanol–water partition coefficient (Wildman–Crippen LogP) is 4.62. The van der Waals surface area contributed by atoms with E-state index in [1.165, 1.54) is 12.8 Å². The summed E-state index contributed by atoms with van der Waals surface area (Å²) >= 11 is 0. The number of carbonyl (C=O) groups is 2. The van der Waals surface area contributed by atoms with E-state index in [0.717, 1.165) is 29.9 Å². The molecule has 2 aromatic rings. The molecule has 0 saturated heterocycles. The van der Waals surface area contributed by atoms with Crippen LogP contribution in [0.4, 0.5) is 33.6 Å². The first-order valence-corrected chi connectivity index (χ1v) is 11.5. The number of aromatic nitrogens is 2. The van der Waals surface area contributed by atoms with E-state index < -0.39 is 11.5 Å². The molecule has 2 amide bonds. The molecule has 4 rings (SSSR count). The Morgan fingerprint density at radius 2 is 1.94 bits per heavy atom. The van der Waals surface area contributed by atoms with Crippen molar-refractivity contribution in [1.82, 2.24) is 9.97 Å². The van der Waals surface area contributed by atoms with Gasteiger partial charge < -0.3 is 20.2 Å². The molecule has 0 spiro atoms. The zero-order valence-electron chi connectivity index (χ0n) is 19.7. The number of benzene rings is 1. The van der Waals surface area contributed by atoms with Crippen molar-refractivity contribution in [2.24, 2.45) is 5.41 Å². The van der Waals surface area contributed by atoms with Crippen molar-refractivity contribution in [3.63, 3.8) is 0 Å². The molecule has 1 saturated carbocycles. The van der Waals surface area contributed by atoms with Gasteiger partial charge in [-0.25, -0.2) is 9.78 Å². The summed E-state index contributed by atoms with van der Waals surface area (Å²) in [5.74, 6) is 1.23. The first-order valence-electron chi connectivity index (χ1n) is 11.5. The Kier molecular flexibility index (Phi) is 6.14. The van der Waals surface area contributed by atoms with Gasteiger partial charge in [0.1, 0.15) is 5.69 Å². The first-order chi connectivity index (χ1) is 15.7. The van der Waals surface area contributed by atoms with E-state index in [9.17, 15) is 9.59 Å². The Labute approximate surface area is 194 Å². The first kappa shape index (κ1) is 22.8. The molecule has 2 aliphatic rings. The van der Waals surface area contributed by atoms with Crippen molar-refractivity contribution < 1.29 is 14.7 Å². The van der Waals surface area contributed by atoms with Crippen molar-refractivity contribution in [3.8, 4) is 0 Å². The van der Waals surface area contributed by atoms with Crippen LogP contribution in [-0.2, 0) is 11.2 Å². The molecular weight excluding hydrogens is 420 g/mol. The number of anilines is 5. The van der Waals surface area contributed by atoms with Gasteiger partial charge in [0.05, 0.1) is 11.6 Å². The highest BCUT2D eigenvalue weighted by atomic mass is 16.4. The monoisotopic (exact) mass is 452 g/mol. The standard InChI is InChI=1S/C24H32N6O3/c1-5-16-17(11-8-12-18(16)27-23(32)33)26-22-25-13-19-20(28-22)30(15-9-6-7-10-15)14-24(2,3)21(31)29(19)4/h8,11-13,15,27H,5-7,9-10,14H2,1-4H3,(H,32,33)(H,25,26,28). The Bertz CT molecular complexity index is 1060. The van der Waals surface area contributed by atoms with Crippen LogP contribution in [0.25, 0.3) is 0 Å². The van der Waals surface area contributed by atoms with E-state index in [2.05, 4.69) is 20.5 Å². The molecule has 0 atom stereocenters. The second-order valence-electron chi connectivity index (χ2n) is 9.46. The highest BCUT2D eigenvalue weighted by Gasteiger charge is 2.41. The molecule has 1 aromatic heterocycles. The van der Waals surface area contributed by atoms with Crippen LogP contribution in [0.1, 0.15) is 52.0 Å². The fourth-order valence-corrected chi connectivity index (χ4v) is 4.96. The average molecular weight is 453 g/mol. The fourth-order valence-electron chi connectivity index (χ4n) is 4.96. The quantitative estimate of drug-likeness (QED) is 0.607. The number of fused-ring (bicyclic) bond motifs is 1. The van der Waals surface area contributed by atoms with Crippen molar-refractivity contribution in [2.75, 3.05) is 34.0 Å². The van der Waals surface area contributed by atoms with Crippen LogP contribution in [0.2, 0.25) is 0 Å². The van der Waals surface area contributed by atoms with Gasteiger partial charge in [-0.15, -0.1) is 0 Å². The maximum Gasteiger partial charge on any atom is 0.409 e. The molecule has 1 aliphatic heterocycles. The van der Waals surface area contributed by atoms with Gasteiger partial charge in [-0.3, -0.25) is 10.1 Å². The van der Waals surface area contributed by atoms with E-state index in [4.69, 9.17) is 10.1 Å². The molecule has 1 fully saturated rings. The van der Waals surface area contributed by atoms with Gasteiger partial charge in [0.15, 0.2) is 5.82 Å². The lowest BCUT2D eigenvalue weighted by Gasteiger charge is -2.34. The Hall–Kier alpha value is -3.36. The highest BCUT2D eigenvalue weighted by Crippen LogP contribution is 2.40. The largest absolute Gasteiger partial charge is 0.465 e. The Morgan fingerprint density at radius 3 is 2.61 bits per heavy atom. The molecule has 9 heteroatoms. The summed E-state index contributed by atoms with van der Waals surface area (Å²) in [5.41, 5.74) is 2.27. The smallest absolute Gasteiger partial charge is 0.409 e. The lowest BCUT2D eigenvalue weighted by atomic mass is 9.91. The molecule has 1 aromatic carbocycles. The summed E-state index contributed by atoms with van der Waals surface area (Å²) in [6.07, 6.45) is 5.76. The van der Waals surface area contributed by atoms with Gasteiger partial charge in [-0.1, -0.05) is 25.8 Å². The van der Waals surface area contributed by atoms with Gasteiger partial charge in [0, 0.05) is 31.0 Å². The number of carbonyl (C=O) groups excluding carboxylic acids is 1. The minimum absolute atomic E-state index is 0.0503. The molecular formula is C24H32N6O3. The molecule has 1 aliphatic carbocycles. The lowest BCUT2D eigenvalue weighted by Crippen LogP contribution is -2.45. The molecule has 0 radical (unpaired) electrons. The van der Waals surface area contributed by atoms with Gasteiger partial charge in [0.2, 0.25) is 11.9 Å². The summed E-state index contributed by atoms with van der Waals surface area (Å²) in [6, 6.07) is 5.75. The van der Waals surface area contributed by atoms with E-state index in [0.29, 0.717) is 36.3 Å². The second kappa shape index (κ2) is 8.88. The van der Waals surface area contributed by atoms with Crippen molar-refractivity contribution in [1.29, 1.82) is 0 Å². The van der Waals surface area contributed by atoms with Gasteiger partial charge >= 0.3 is 6.09 Å². The zero-order valence-corrected chi connectivity index (χ0v) is 19.7.